The Balaban J connectivity index is 2.40. The highest BCUT2D eigenvalue weighted by Gasteiger charge is 2.18. The average molecular weight is 319 g/mol. The van der Waals surface area contributed by atoms with Crippen molar-refractivity contribution in [3.05, 3.63) is 17.0 Å². The minimum absolute atomic E-state index is 0.0424. The van der Waals surface area contributed by atoms with Gasteiger partial charge in [0.25, 0.3) is 0 Å². The number of hydrogen-bond acceptors (Lipinski definition) is 5. The maximum atomic E-state index is 11.9. The molecule has 0 radical (unpaired) electrons. The van der Waals surface area contributed by atoms with Crippen LogP contribution in [0.5, 0.6) is 0 Å². The molecule has 20 heavy (non-hydrogen) atoms. The molecule has 0 aliphatic heterocycles. The molecule has 8 heteroatoms. The SMILES string of the molecule is Cc1ccc(S(=O)(=O)NCCNC(=O)[C@@H](N)C(C)C)s1. The van der Waals surface area contributed by atoms with Gasteiger partial charge >= 0.3 is 0 Å². The van der Waals surface area contributed by atoms with Crippen molar-refractivity contribution in [1.29, 1.82) is 0 Å². The van der Waals surface area contributed by atoms with Gasteiger partial charge in [0.05, 0.1) is 6.04 Å². The molecular formula is C12H21N3O3S2. The van der Waals surface area contributed by atoms with E-state index < -0.39 is 16.1 Å². The van der Waals surface area contributed by atoms with E-state index in [1.165, 1.54) is 11.3 Å². The first-order chi connectivity index (χ1) is 9.24. The van der Waals surface area contributed by atoms with Crippen LogP contribution < -0.4 is 15.8 Å². The third-order valence-corrected chi connectivity index (χ3v) is 5.67. The highest BCUT2D eigenvalue weighted by Crippen LogP contribution is 2.19. The number of carbonyl (C=O) groups excluding carboxylic acids is 1. The molecule has 114 valence electrons. The van der Waals surface area contributed by atoms with Gasteiger partial charge in [-0.2, -0.15) is 0 Å². The number of aryl methyl sites for hydroxylation is 1. The third kappa shape index (κ3) is 4.86. The molecule has 1 aromatic rings. The number of hydrogen-bond donors (Lipinski definition) is 3. The first kappa shape index (κ1) is 17.1. The van der Waals surface area contributed by atoms with E-state index in [0.717, 1.165) is 4.88 Å². The fourth-order valence-electron chi connectivity index (χ4n) is 1.42. The zero-order chi connectivity index (χ0) is 15.3. The molecule has 0 unspecified atom stereocenters. The molecule has 0 saturated heterocycles. The van der Waals surface area contributed by atoms with E-state index in [0.29, 0.717) is 0 Å². The summed E-state index contributed by atoms with van der Waals surface area (Å²) in [5.41, 5.74) is 5.67. The summed E-state index contributed by atoms with van der Waals surface area (Å²) in [6.07, 6.45) is 0. The van der Waals surface area contributed by atoms with Gasteiger partial charge in [-0.25, -0.2) is 13.1 Å². The number of carbonyl (C=O) groups is 1. The zero-order valence-corrected chi connectivity index (χ0v) is 13.5. The number of amides is 1. The molecule has 1 rings (SSSR count). The fraction of sp³-hybridized carbons (Fsp3) is 0.583. The lowest BCUT2D eigenvalue weighted by molar-refractivity contribution is -0.123. The highest BCUT2D eigenvalue weighted by molar-refractivity contribution is 7.91. The quantitative estimate of drug-likeness (QED) is 0.635. The van der Waals surface area contributed by atoms with E-state index in [2.05, 4.69) is 10.0 Å². The summed E-state index contributed by atoms with van der Waals surface area (Å²) in [6.45, 7) is 5.90. The molecule has 6 nitrogen and oxygen atoms in total. The predicted molar refractivity (Wildman–Crippen MR) is 80.1 cm³/mol. The minimum Gasteiger partial charge on any atom is -0.353 e. The van der Waals surface area contributed by atoms with Crippen LogP contribution in [-0.2, 0) is 14.8 Å². The van der Waals surface area contributed by atoms with Crippen molar-refractivity contribution in [3.63, 3.8) is 0 Å². The Bertz CT molecular complexity index is 552. The van der Waals surface area contributed by atoms with Gasteiger partial charge in [-0.1, -0.05) is 13.8 Å². The van der Waals surface area contributed by atoms with Crippen LogP contribution in [0.25, 0.3) is 0 Å². The highest BCUT2D eigenvalue weighted by atomic mass is 32.2. The Morgan fingerprint density at radius 3 is 2.50 bits per heavy atom. The van der Waals surface area contributed by atoms with Gasteiger partial charge in [-0.05, 0) is 25.0 Å². The second kappa shape index (κ2) is 7.16. The third-order valence-electron chi connectivity index (χ3n) is 2.72. The molecule has 0 fully saturated rings. The van der Waals surface area contributed by atoms with Crippen LogP contribution in [0.15, 0.2) is 16.3 Å². The molecule has 1 heterocycles. The van der Waals surface area contributed by atoms with E-state index >= 15 is 0 Å². The summed E-state index contributed by atoms with van der Waals surface area (Å²) in [4.78, 5) is 12.5. The molecule has 0 bridgehead atoms. The smallest absolute Gasteiger partial charge is 0.250 e. The lowest BCUT2D eigenvalue weighted by atomic mass is 10.1. The van der Waals surface area contributed by atoms with E-state index in [1.54, 1.807) is 12.1 Å². The number of nitrogens with two attached hydrogens (primary N) is 1. The summed E-state index contributed by atoms with van der Waals surface area (Å²) in [5.74, 6) is -0.230. The van der Waals surface area contributed by atoms with Crippen molar-refractivity contribution in [2.24, 2.45) is 11.7 Å². The molecule has 1 atom stereocenters. The standard InChI is InChI=1S/C12H21N3O3S2/c1-8(2)11(13)12(16)14-6-7-15-20(17,18)10-5-4-9(3)19-10/h4-5,8,11,15H,6-7,13H2,1-3H3,(H,14,16)/t11-/m0/s1. The van der Waals surface area contributed by atoms with Crippen LogP contribution in [0.1, 0.15) is 18.7 Å². The lowest BCUT2D eigenvalue weighted by Crippen LogP contribution is -2.46. The zero-order valence-electron chi connectivity index (χ0n) is 11.8. The molecule has 0 aliphatic rings. The van der Waals surface area contributed by atoms with Gasteiger partial charge in [0, 0.05) is 18.0 Å². The van der Waals surface area contributed by atoms with Crippen molar-refractivity contribution >= 4 is 27.3 Å². The van der Waals surface area contributed by atoms with E-state index in [4.69, 9.17) is 5.73 Å². The Morgan fingerprint density at radius 1 is 1.35 bits per heavy atom. The second-order valence-electron chi connectivity index (χ2n) is 4.82. The number of thiophene rings is 1. The molecule has 0 aliphatic carbocycles. The summed E-state index contributed by atoms with van der Waals surface area (Å²) < 4.78 is 26.5. The molecule has 4 N–H and O–H groups in total. The van der Waals surface area contributed by atoms with Crippen LogP contribution in [0.4, 0.5) is 0 Å². The Labute approximate surface area is 123 Å². The number of rotatable bonds is 7. The Hall–Kier alpha value is -0.960. The Morgan fingerprint density at radius 2 is 2.00 bits per heavy atom. The molecule has 1 aromatic heterocycles. The maximum Gasteiger partial charge on any atom is 0.250 e. The predicted octanol–water partition coefficient (Wildman–Crippen LogP) is 0.434. The van der Waals surface area contributed by atoms with Crippen LogP contribution >= 0.6 is 11.3 Å². The van der Waals surface area contributed by atoms with Crippen molar-refractivity contribution in [2.75, 3.05) is 13.1 Å². The van der Waals surface area contributed by atoms with Crippen LogP contribution in [0, 0.1) is 12.8 Å². The largest absolute Gasteiger partial charge is 0.353 e. The average Bonchev–Trinajstić information content (AvgIpc) is 2.80. The van der Waals surface area contributed by atoms with Gasteiger partial charge in [0.2, 0.25) is 15.9 Å². The van der Waals surface area contributed by atoms with Crippen molar-refractivity contribution in [3.8, 4) is 0 Å². The van der Waals surface area contributed by atoms with Gasteiger partial charge in [0.1, 0.15) is 4.21 Å². The molecule has 1 amide bonds. The molecular weight excluding hydrogens is 298 g/mol. The molecule has 0 saturated carbocycles. The molecule has 0 spiro atoms. The van der Waals surface area contributed by atoms with Gasteiger partial charge < -0.3 is 11.1 Å². The monoisotopic (exact) mass is 319 g/mol. The normalized spacial score (nSPS) is 13.4. The van der Waals surface area contributed by atoms with Crippen molar-refractivity contribution < 1.29 is 13.2 Å². The van der Waals surface area contributed by atoms with E-state index in [-0.39, 0.29) is 29.1 Å². The number of nitrogens with one attached hydrogen (secondary N) is 2. The molecule has 0 aromatic carbocycles. The first-order valence-corrected chi connectivity index (χ1v) is 8.63. The minimum atomic E-state index is -3.49. The fourth-order valence-corrected chi connectivity index (χ4v) is 3.78. The summed E-state index contributed by atoms with van der Waals surface area (Å²) in [6, 6.07) is 2.74. The van der Waals surface area contributed by atoms with Gasteiger partial charge in [-0.15, -0.1) is 11.3 Å². The van der Waals surface area contributed by atoms with Crippen molar-refractivity contribution in [2.45, 2.75) is 31.0 Å². The maximum absolute atomic E-state index is 11.9. The van der Waals surface area contributed by atoms with E-state index in [1.807, 2.05) is 20.8 Å². The van der Waals surface area contributed by atoms with Gasteiger partial charge in [-0.3, -0.25) is 4.79 Å². The van der Waals surface area contributed by atoms with Crippen LogP contribution in [-0.4, -0.2) is 33.5 Å². The van der Waals surface area contributed by atoms with Crippen LogP contribution in [0.2, 0.25) is 0 Å². The van der Waals surface area contributed by atoms with Crippen molar-refractivity contribution in [1.82, 2.24) is 10.0 Å². The Kier molecular flexibility index (Phi) is 6.12. The lowest BCUT2D eigenvalue weighted by Gasteiger charge is -2.15. The summed E-state index contributed by atoms with van der Waals surface area (Å²) >= 11 is 1.21. The summed E-state index contributed by atoms with van der Waals surface area (Å²) in [5, 5.41) is 2.61. The second-order valence-corrected chi connectivity index (χ2v) is 8.11. The summed E-state index contributed by atoms with van der Waals surface area (Å²) in [7, 11) is -3.49. The van der Waals surface area contributed by atoms with Crippen LogP contribution in [0.3, 0.4) is 0 Å². The topological polar surface area (TPSA) is 101 Å². The first-order valence-electron chi connectivity index (χ1n) is 6.33. The van der Waals surface area contributed by atoms with E-state index in [9.17, 15) is 13.2 Å². The number of sulfonamides is 1. The van der Waals surface area contributed by atoms with Gasteiger partial charge in [0.15, 0.2) is 0 Å².